The van der Waals surface area contributed by atoms with Crippen molar-refractivity contribution in [1.82, 2.24) is 24.3 Å². The van der Waals surface area contributed by atoms with Gasteiger partial charge in [0.1, 0.15) is 27.8 Å². The molecule has 184 valence electrons. The van der Waals surface area contributed by atoms with E-state index < -0.39 is 0 Å². The summed E-state index contributed by atoms with van der Waals surface area (Å²) in [6.07, 6.45) is 6.83. The van der Waals surface area contributed by atoms with Crippen LogP contribution in [0.4, 0.5) is 5.82 Å². The van der Waals surface area contributed by atoms with Crippen molar-refractivity contribution in [3.63, 3.8) is 0 Å². The van der Waals surface area contributed by atoms with E-state index >= 15 is 0 Å². The predicted octanol–water partition coefficient (Wildman–Crippen LogP) is 5.23. The number of pyridine rings is 1. The fraction of sp³-hybridized carbons (Fsp3) is 0.241. The average molecular weight is 507 g/mol. The molecule has 2 aliphatic rings. The predicted molar refractivity (Wildman–Crippen MR) is 149 cm³/mol. The summed E-state index contributed by atoms with van der Waals surface area (Å²) in [5.74, 6) is 1.43. The van der Waals surface area contributed by atoms with E-state index in [1.54, 1.807) is 6.20 Å². The van der Waals surface area contributed by atoms with Crippen molar-refractivity contribution in [2.75, 3.05) is 25.5 Å². The number of anilines is 1. The molecule has 1 aliphatic carbocycles. The normalized spacial score (nSPS) is 17.3. The van der Waals surface area contributed by atoms with Crippen molar-refractivity contribution in [3.05, 3.63) is 78.9 Å². The van der Waals surface area contributed by atoms with E-state index in [1.165, 1.54) is 0 Å². The van der Waals surface area contributed by atoms with Crippen LogP contribution in [0, 0.1) is 0 Å². The van der Waals surface area contributed by atoms with Crippen LogP contribution in [0.25, 0.3) is 38.9 Å². The lowest BCUT2D eigenvalue weighted by Crippen LogP contribution is -2.58. The summed E-state index contributed by atoms with van der Waals surface area (Å²) in [5, 5.41) is 1.08. The van der Waals surface area contributed by atoms with Crippen molar-refractivity contribution in [2.24, 2.45) is 0 Å². The van der Waals surface area contributed by atoms with Gasteiger partial charge < -0.3 is 15.4 Å². The fourth-order valence-corrected chi connectivity index (χ4v) is 6.07. The molecule has 0 bridgehead atoms. The molecule has 5 aromatic rings. The first kappa shape index (κ1) is 22.3. The second kappa shape index (κ2) is 8.61. The Hall–Kier alpha value is -3.88. The third kappa shape index (κ3) is 3.51. The molecule has 0 radical (unpaired) electrons. The number of thiocarbonyl (C=S) groups is 1. The Kier molecular flexibility index (Phi) is 5.19. The molecule has 4 heterocycles. The molecule has 1 saturated heterocycles. The van der Waals surface area contributed by atoms with Gasteiger partial charge >= 0.3 is 0 Å². The van der Waals surface area contributed by atoms with Gasteiger partial charge in [0.25, 0.3) is 0 Å². The second-order valence-corrected chi connectivity index (χ2v) is 10.2. The highest BCUT2D eigenvalue weighted by Crippen LogP contribution is 2.48. The number of ether oxygens (including phenoxy) is 1. The molecule has 37 heavy (non-hydrogen) atoms. The summed E-state index contributed by atoms with van der Waals surface area (Å²) in [4.78, 5) is 17.9. The lowest BCUT2D eigenvalue weighted by atomic mass is 9.74. The van der Waals surface area contributed by atoms with E-state index in [1.807, 2.05) is 24.4 Å². The highest BCUT2D eigenvalue weighted by molar-refractivity contribution is 7.80. The van der Waals surface area contributed by atoms with Crippen molar-refractivity contribution >= 4 is 39.4 Å². The number of nitrogens with zero attached hydrogens (tertiary/aromatic N) is 5. The van der Waals surface area contributed by atoms with Gasteiger partial charge in [-0.05, 0) is 31.4 Å². The van der Waals surface area contributed by atoms with Gasteiger partial charge in [-0.25, -0.2) is 15.0 Å². The Balaban J connectivity index is 1.40. The highest BCUT2D eigenvalue weighted by atomic mass is 32.1. The molecule has 2 fully saturated rings. The van der Waals surface area contributed by atoms with Crippen LogP contribution in [0.1, 0.15) is 25.1 Å². The number of hydrogen-bond donors (Lipinski definition) is 1. The van der Waals surface area contributed by atoms with E-state index in [-0.39, 0.29) is 5.54 Å². The quantitative estimate of drug-likeness (QED) is 0.334. The van der Waals surface area contributed by atoms with E-state index in [0.29, 0.717) is 19.0 Å². The van der Waals surface area contributed by atoms with Crippen molar-refractivity contribution in [3.8, 4) is 22.5 Å². The minimum Gasteiger partial charge on any atom is -0.382 e. The van der Waals surface area contributed by atoms with Gasteiger partial charge in [-0.1, -0.05) is 60.7 Å². The molecule has 1 aliphatic heterocycles. The Morgan fingerprint density at radius 1 is 0.973 bits per heavy atom. The lowest BCUT2D eigenvalue weighted by molar-refractivity contribution is 0.0129. The van der Waals surface area contributed by atoms with Gasteiger partial charge in [0, 0.05) is 35.5 Å². The monoisotopic (exact) mass is 506 g/mol. The molecule has 0 unspecified atom stereocenters. The van der Waals surface area contributed by atoms with Crippen LogP contribution in [0.2, 0.25) is 0 Å². The Morgan fingerprint density at radius 2 is 1.81 bits per heavy atom. The number of fused-ring (bicyclic) bond motifs is 2. The van der Waals surface area contributed by atoms with Crippen molar-refractivity contribution < 1.29 is 4.74 Å². The number of aromatic nitrogens is 4. The Bertz CT molecular complexity index is 1660. The number of nitrogen functional groups attached to an aromatic ring is 1. The fourth-order valence-electron chi connectivity index (χ4n) is 5.72. The van der Waals surface area contributed by atoms with Gasteiger partial charge in [-0.2, -0.15) is 0 Å². The van der Waals surface area contributed by atoms with Crippen LogP contribution in [0.3, 0.4) is 0 Å². The van der Waals surface area contributed by atoms with Crippen LogP contribution in [-0.4, -0.2) is 49.0 Å². The zero-order valence-electron chi connectivity index (χ0n) is 20.3. The Morgan fingerprint density at radius 3 is 2.59 bits per heavy atom. The maximum absolute atomic E-state index is 6.48. The smallest absolute Gasteiger partial charge is 0.150 e. The molecular formula is C29H26N6OS. The Labute approximate surface area is 219 Å². The largest absolute Gasteiger partial charge is 0.382 e. The summed E-state index contributed by atoms with van der Waals surface area (Å²) < 4.78 is 7.75. The maximum atomic E-state index is 6.48. The lowest BCUT2D eigenvalue weighted by Gasteiger charge is -2.51. The van der Waals surface area contributed by atoms with Gasteiger partial charge in [0.15, 0.2) is 0 Å². The van der Waals surface area contributed by atoms with Crippen LogP contribution in [0.5, 0.6) is 0 Å². The summed E-state index contributed by atoms with van der Waals surface area (Å²) in [6, 6.07) is 20.7. The summed E-state index contributed by atoms with van der Waals surface area (Å²) in [6.45, 7) is 1.92. The third-order valence-electron chi connectivity index (χ3n) is 7.72. The van der Waals surface area contributed by atoms with Gasteiger partial charge in [0.05, 0.1) is 30.0 Å². The molecule has 8 heteroatoms. The summed E-state index contributed by atoms with van der Waals surface area (Å²) in [5.41, 5.74) is 11.8. The van der Waals surface area contributed by atoms with E-state index in [4.69, 9.17) is 32.7 Å². The van der Waals surface area contributed by atoms with Gasteiger partial charge in [-0.15, -0.1) is 0 Å². The van der Waals surface area contributed by atoms with Crippen LogP contribution in [-0.2, 0) is 10.3 Å². The SMILES string of the molecule is Nc1nccn2c(C3(N4CCOCC4=S)CCC3)nc(-c3ccc4ccc(-c5ccccc5)nc4c3)c12. The van der Waals surface area contributed by atoms with Crippen LogP contribution < -0.4 is 5.73 Å². The van der Waals surface area contributed by atoms with Crippen LogP contribution >= 0.6 is 12.2 Å². The molecule has 0 amide bonds. The molecule has 1 saturated carbocycles. The molecule has 2 aromatic carbocycles. The maximum Gasteiger partial charge on any atom is 0.150 e. The molecule has 3 aromatic heterocycles. The molecular weight excluding hydrogens is 480 g/mol. The molecule has 2 N–H and O–H groups in total. The topological polar surface area (TPSA) is 81.6 Å². The van der Waals surface area contributed by atoms with Gasteiger partial charge in [-0.3, -0.25) is 4.40 Å². The molecule has 7 nitrogen and oxygen atoms in total. The minimum absolute atomic E-state index is 0.259. The number of morpholine rings is 1. The molecule has 7 rings (SSSR count). The first-order chi connectivity index (χ1) is 18.1. The van der Waals surface area contributed by atoms with Crippen molar-refractivity contribution in [2.45, 2.75) is 24.8 Å². The van der Waals surface area contributed by atoms with Gasteiger partial charge in [0.2, 0.25) is 0 Å². The highest BCUT2D eigenvalue weighted by Gasteiger charge is 2.49. The zero-order valence-corrected chi connectivity index (χ0v) is 21.1. The van der Waals surface area contributed by atoms with Crippen LogP contribution in [0.15, 0.2) is 73.1 Å². The number of hydrogen-bond acceptors (Lipinski definition) is 6. The summed E-state index contributed by atoms with van der Waals surface area (Å²) in [7, 11) is 0. The molecule has 0 atom stereocenters. The van der Waals surface area contributed by atoms with E-state index in [2.05, 4.69) is 56.7 Å². The van der Waals surface area contributed by atoms with E-state index in [0.717, 1.165) is 75.6 Å². The minimum atomic E-state index is -0.259. The first-order valence-electron chi connectivity index (χ1n) is 12.6. The second-order valence-electron chi connectivity index (χ2n) is 9.77. The van der Waals surface area contributed by atoms with Crippen molar-refractivity contribution in [1.29, 1.82) is 0 Å². The number of rotatable bonds is 4. The summed E-state index contributed by atoms with van der Waals surface area (Å²) >= 11 is 5.75. The number of benzene rings is 2. The third-order valence-corrected chi connectivity index (χ3v) is 8.06. The molecule has 0 spiro atoms. The number of imidazole rings is 1. The first-order valence-corrected chi connectivity index (χ1v) is 13.0. The number of nitrogens with two attached hydrogens (primary N) is 1. The standard InChI is InChI=1S/C29H26N6OS/c30-27-26-25(21-8-7-20-9-10-22(32-23(20)17-21)19-5-2-1-3-6-19)33-28(34(26)14-13-31-27)29(11-4-12-29)35-15-16-36-18-24(35)37/h1-3,5-10,13-14,17H,4,11-12,15-16,18H2,(H2,30,31). The zero-order chi connectivity index (χ0) is 25.0. The average Bonchev–Trinajstić information content (AvgIpc) is 3.30. The van der Waals surface area contributed by atoms with E-state index in [9.17, 15) is 0 Å².